The molecule has 27 heavy (non-hydrogen) atoms. The molecule has 0 atom stereocenters. The van der Waals surface area contributed by atoms with Crippen molar-refractivity contribution in [3.8, 4) is 0 Å². The molecular weight excluding hydrogens is 381 g/mol. The predicted molar refractivity (Wildman–Crippen MR) is 110 cm³/mol. The van der Waals surface area contributed by atoms with E-state index in [0.717, 1.165) is 11.1 Å². The van der Waals surface area contributed by atoms with Gasteiger partial charge in [-0.15, -0.1) is 0 Å². The van der Waals surface area contributed by atoms with Crippen LogP contribution in [0.4, 0.5) is 5.82 Å². The van der Waals surface area contributed by atoms with Crippen molar-refractivity contribution in [3.05, 3.63) is 93.6 Å². The van der Waals surface area contributed by atoms with E-state index in [-0.39, 0.29) is 11.8 Å². The number of nitrogens with one attached hydrogen (secondary N) is 1. The van der Waals surface area contributed by atoms with E-state index < -0.39 is 0 Å². The van der Waals surface area contributed by atoms with Crippen molar-refractivity contribution in [3.63, 3.8) is 0 Å². The Labute approximate surface area is 168 Å². The Morgan fingerprint density at radius 3 is 2.19 bits per heavy atom. The molecule has 0 aliphatic rings. The number of pyridine rings is 1. The van der Waals surface area contributed by atoms with Gasteiger partial charge in [-0.1, -0.05) is 47.5 Å². The van der Waals surface area contributed by atoms with Crippen LogP contribution < -0.4 is 11.1 Å². The Hall–Kier alpha value is -2.56. The van der Waals surface area contributed by atoms with Gasteiger partial charge < -0.3 is 11.1 Å². The summed E-state index contributed by atoms with van der Waals surface area (Å²) in [5, 5.41) is 4.29. The number of hydrogen-bond acceptors (Lipinski definition) is 3. The van der Waals surface area contributed by atoms with Crippen LogP contribution in [0.5, 0.6) is 0 Å². The van der Waals surface area contributed by atoms with E-state index in [0.29, 0.717) is 34.4 Å². The topological polar surface area (TPSA) is 68.0 Å². The maximum absolute atomic E-state index is 12.3. The van der Waals surface area contributed by atoms with Crippen molar-refractivity contribution in [2.45, 2.75) is 12.3 Å². The lowest BCUT2D eigenvalue weighted by Gasteiger charge is -2.19. The highest BCUT2D eigenvalue weighted by Gasteiger charge is 2.16. The molecule has 0 aliphatic heterocycles. The van der Waals surface area contributed by atoms with Gasteiger partial charge in [-0.3, -0.25) is 4.79 Å². The summed E-state index contributed by atoms with van der Waals surface area (Å²) in [5.41, 5.74) is 8.28. The zero-order valence-electron chi connectivity index (χ0n) is 14.5. The average Bonchev–Trinajstić information content (AvgIpc) is 2.65. The SMILES string of the molecule is Nc1cc(C(=O)NCCC(c2cccc(Cl)c2)c2cccc(Cl)c2)ccn1. The molecule has 0 radical (unpaired) electrons. The summed E-state index contributed by atoms with van der Waals surface area (Å²) in [7, 11) is 0. The summed E-state index contributed by atoms with van der Waals surface area (Å²) in [6, 6.07) is 18.7. The minimum atomic E-state index is -0.181. The van der Waals surface area contributed by atoms with Crippen molar-refractivity contribution in [1.82, 2.24) is 10.3 Å². The molecule has 138 valence electrons. The zero-order chi connectivity index (χ0) is 19.2. The highest BCUT2D eigenvalue weighted by atomic mass is 35.5. The van der Waals surface area contributed by atoms with Crippen molar-refractivity contribution >= 4 is 34.9 Å². The van der Waals surface area contributed by atoms with E-state index in [1.165, 1.54) is 6.20 Å². The molecule has 0 saturated carbocycles. The molecule has 3 N–H and O–H groups in total. The van der Waals surface area contributed by atoms with Gasteiger partial charge in [0.15, 0.2) is 0 Å². The Morgan fingerprint density at radius 1 is 1.00 bits per heavy atom. The largest absolute Gasteiger partial charge is 0.384 e. The quantitative estimate of drug-likeness (QED) is 0.617. The fraction of sp³-hybridized carbons (Fsp3) is 0.143. The highest BCUT2D eigenvalue weighted by Crippen LogP contribution is 2.30. The molecule has 0 spiro atoms. The van der Waals surface area contributed by atoms with Gasteiger partial charge in [0.1, 0.15) is 5.82 Å². The van der Waals surface area contributed by atoms with E-state index in [9.17, 15) is 4.79 Å². The number of carbonyl (C=O) groups excluding carboxylic acids is 1. The standard InChI is InChI=1S/C21H19Cl2N3O/c22-17-5-1-3-14(11-17)19(15-4-2-6-18(23)12-15)8-10-26-21(27)16-7-9-25-20(24)13-16/h1-7,9,11-13,19H,8,10H2,(H2,24,25)(H,26,27). The number of nitrogen functional groups attached to an aromatic ring is 1. The van der Waals surface area contributed by atoms with E-state index in [4.69, 9.17) is 28.9 Å². The van der Waals surface area contributed by atoms with Crippen LogP contribution >= 0.6 is 23.2 Å². The number of amides is 1. The first-order chi connectivity index (χ1) is 13.0. The third-order valence-electron chi connectivity index (χ3n) is 4.26. The molecule has 0 unspecified atom stereocenters. The van der Waals surface area contributed by atoms with E-state index in [2.05, 4.69) is 10.3 Å². The van der Waals surface area contributed by atoms with Gasteiger partial charge in [0, 0.05) is 34.3 Å². The maximum Gasteiger partial charge on any atom is 0.251 e. The van der Waals surface area contributed by atoms with Gasteiger partial charge in [0.2, 0.25) is 0 Å². The monoisotopic (exact) mass is 399 g/mol. The lowest BCUT2D eigenvalue weighted by molar-refractivity contribution is 0.0952. The second kappa shape index (κ2) is 8.89. The molecule has 2 aromatic carbocycles. The molecule has 4 nitrogen and oxygen atoms in total. The molecule has 1 aromatic heterocycles. The summed E-state index contributed by atoms with van der Waals surface area (Å²) >= 11 is 12.3. The Balaban J connectivity index is 1.75. The first kappa shape index (κ1) is 19.2. The summed E-state index contributed by atoms with van der Waals surface area (Å²) in [4.78, 5) is 16.2. The molecule has 0 bridgehead atoms. The highest BCUT2D eigenvalue weighted by molar-refractivity contribution is 6.31. The number of rotatable bonds is 6. The first-order valence-electron chi connectivity index (χ1n) is 8.53. The zero-order valence-corrected chi connectivity index (χ0v) is 16.0. The summed E-state index contributed by atoms with van der Waals surface area (Å²) in [6.07, 6.45) is 2.22. The average molecular weight is 400 g/mol. The molecule has 3 rings (SSSR count). The van der Waals surface area contributed by atoms with Crippen LogP contribution in [0.15, 0.2) is 66.9 Å². The number of hydrogen-bond donors (Lipinski definition) is 2. The number of aromatic nitrogens is 1. The number of benzene rings is 2. The van der Waals surface area contributed by atoms with E-state index in [1.807, 2.05) is 48.5 Å². The van der Waals surface area contributed by atoms with Crippen LogP contribution in [0.1, 0.15) is 33.8 Å². The Morgan fingerprint density at radius 2 is 1.63 bits per heavy atom. The van der Waals surface area contributed by atoms with Gasteiger partial charge in [0.05, 0.1) is 0 Å². The van der Waals surface area contributed by atoms with Crippen LogP contribution in [0.25, 0.3) is 0 Å². The van der Waals surface area contributed by atoms with Crippen molar-refractivity contribution in [2.75, 3.05) is 12.3 Å². The third-order valence-corrected chi connectivity index (χ3v) is 4.73. The molecule has 0 aliphatic carbocycles. The van der Waals surface area contributed by atoms with Crippen molar-refractivity contribution < 1.29 is 4.79 Å². The fourth-order valence-corrected chi connectivity index (χ4v) is 3.39. The maximum atomic E-state index is 12.3. The number of anilines is 1. The lowest BCUT2D eigenvalue weighted by Crippen LogP contribution is -2.26. The second-order valence-corrected chi connectivity index (χ2v) is 7.05. The van der Waals surface area contributed by atoms with Crippen molar-refractivity contribution in [1.29, 1.82) is 0 Å². The molecule has 1 amide bonds. The van der Waals surface area contributed by atoms with Crippen molar-refractivity contribution in [2.24, 2.45) is 0 Å². The molecule has 0 saturated heterocycles. The number of halogens is 2. The smallest absolute Gasteiger partial charge is 0.251 e. The Kier molecular flexibility index (Phi) is 6.32. The molecule has 0 fully saturated rings. The number of carbonyl (C=O) groups is 1. The summed E-state index contributed by atoms with van der Waals surface area (Å²) in [5.74, 6) is 0.198. The number of nitrogens with zero attached hydrogens (tertiary/aromatic N) is 1. The molecule has 1 heterocycles. The van der Waals surface area contributed by atoms with Crippen LogP contribution in [0, 0.1) is 0 Å². The van der Waals surface area contributed by atoms with Gasteiger partial charge in [-0.05, 0) is 53.9 Å². The van der Waals surface area contributed by atoms with Crippen LogP contribution in [-0.4, -0.2) is 17.4 Å². The van der Waals surface area contributed by atoms with E-state index >= 15 is 0 Å². The fourth-order valence-electron chi connectivity index (χ4n) is 2.99. The summed E-state index contributed by atoms with van der Waals surface area (Å²) < 4.78 is 0. The third kappa shape index (κ3) is 5.22. The lowest BCUT2D eigenvalue weighted by atomic mass is 9.88. The van der Waals surface area contributed by atoms with Gasteiger partial charge in [0.25, 0.3) is 5.91 Å². The molecule has 3 aromatic rings. The van der Waals surface area contributed by atoms with Crippen LogP contribution in [0.2, 0.25) is 10.0 Å². The van der Waals surface area contributed by atoms with Gasteiger partial charge in [-0.25, -0.2) is 4.98 Å². The molecule has 6 heteroatoms. The normalized spacial score (nSPS) is 10.8. The minimum Gasteiger partial charge on any atom is -0.384 e. The minimum absolute atomic E-state index is 0.0604. The van der Waals surface area contributed by atoms with Gasteiger partial charge >= 0.3 is 0 Å². The Bertz CT molecular complexity index is 900. The predicted octanol–water partition coefficient (Wildman–Crippen LogP) is 4.92. The second-order valence-electron chi connectivity index (χ2n) is 6.18. The van der Waals surface area contributed by atoms with Gasteiger partial charge in [-0.2, -0.15) is 0 Å². The van der Waals surface area contributed by atoms with Crippen LogP contribution in [0.3, 0.4) is 0 Å². The van der Waals surface area contributed by atoms with Crippen LogP contribution in [-0.2, 0) is 0 Å². The summed E-state index contributed by atoms with van der Waals surface area (Å²) in [6.45, 7) is 0.491. The molecular formula is C21H19Cl2N3O. The first-order valence-corrected chi connectivity index (χ1v) is 9.29. The number of nitrogens with two attached hydrogens (primary N) is 1. The van der Waals surface area contributed by atoms with E-state index in [1.54, 1.807) is 12.1 Å².